The zero-order chi connectivity index (χ0) is 14.3. The van der Waals surface area contributed by atoms with E-state index >= 15 is 0 Å². The summed E-state index contributed by atoms with van der Waals surface area (Å²) in [6.07, 6.45) is 4.10. The molecule has 20 heavy (non-hydrogen) atoms. The number of rotatable bonds is 3. The van der Waals surface area contributed by atoms with Gasteiger partial charge in [0.25, 0.3) is 0 Å². The smallest absolute Gasteiger partial charge is 0.169 e. The Morgan fingerprint density at radius 2 is 1.95 bits per heavy atom. The predicted molar refractivity (Wildman–Crippen MR) is 74.6 cm³/mol. The third kappa shape index (κ3) is 2.22. The molecule has 0 spiro atoms. The standard InChI is InChI=1S/C16H20FNO2/c1-18-12-4-5-13(18)8-10(7-12)16(19)14-9-11(17)3-6-15(14)20-2/h3,6,9-10,12-13H,4-5,7-8H2,1-2H3. The van der Waals surface area contributed by atoms with Crippen molar-refractivity contribution in [3.8, 4) is 5.75 Å². The number of hydrogen-bond donors (Lipinski definition) is 0. The van der Waals surface area contributed by atoms with Crippen LogP contribution < -0.4 is 4.74 Å². The van der Waals surface area contributed by atoms with Crippen LogP contribution in [-0.4, -0.2) is 36.9 Å². The normalized spacial score (nSPS) is 29.4. The largest absolute Gasteiger partial charge is 0.496 e. The van der Waals surface area contributed by atoms with Crippen molar-refractivity contribution in [3.63, 3.8) is 0 Å². The fourth-order valence-electron chi connectivity index (χ4n) is 3.72. The zero-order valence-corrected chi connectivity index (χ0v) is 11.9. The Hall–Kier alpha value is -1.42. The molecule has 2 heterocycles. The van der Waals surface area contributed by atoms with Crippen molar-refractivity contribution in [2.75, 3.05) is 14.2 Å². The first-order chi connectivity index (χ1) is 9.60. The highest BCUT2D eigenvalue weighted by Gasteiger charge is 2.41. The van der Waals surface area contributed by atoms with E-state index in [1.165, 1.54) is 38.2 Å². The van der Waals surface area contributed by atoms with Crippen LogP contribution in [0.2, 0.25) is 0 Å². The van der Waals surface area contributed by atoms with Crippen LogP contribution in [0, 0.1) is 11.7 Å². The second-order valence-corrected chi connectivity index (χ2v) is 5.93. The van der Waals surface area contributed by atoms with Gasteiger partial charge in [-0.3, -0.25) is 4.79 Å². The highest BCUT2D eigenvalue weighted by molar-refractivity contribution is 6.00. The van der Waals surface area contributed by atoms with E-state index in [0.29, 0.717) is 23.4 Å². The molecule has 0 aromatic heterocycles. The Morgan fingerprint density at radius 3 is 2.55 bits per heavy atom. The van der Waals surface area contributed by atoms with Crippen LogP contribution in [0.25, 0.3) is 0 Å². The van der Waals surface area contributed by atoms with E-state index in [4.69, 9.17) is 4.74 Å². The van der Waals surface area contributed by atoms with Gasteiger partial charge in [0, 0.05) is 18.0 Å². The minimum atomic E-state index is -0.384. The number of nitrogens with zero attached hydrogens (tertiary/aromatic N) is 1. The lowest BCUT2D eigenvalue weighted by Gasteiger charge is -2.35. The fraction of sp³-hybridized carbons (Fsp3) is 0.562. The molecule has 2 unspecified atom stereocenters. The number of fused-ring (bicyclic) bond motifs is 2. The van der Waals surface area contributed by atoms with Gasteiger partial charge in [0.05, 0.1) is 12.7 Å². The van der Waals surface area contributed by atoms with Crippen LogP contribution in [-0.2, 0) is 0 Å². The van der Waals surface area contributed by atoms with E-state index in [0.717, 1.165) is 12.8 Å². The van der Waals surface area contributed by atoms with Crippen LogP contribution >= 0.6 is 0 Å². The van der Waals surface area contributed by atoms with Gasteiger partial charge >= 0.3 is 0 Å². The number of hydrogen-bond acceptors (Lipinski definition) is 3. The quantitative estimate of drug-likeness (QED) is 0.796. The molecular formula is C16H20FNO2. The van der Waals surface area contributed by atoms with E-state index in [1.54, 1.807) is 0 Å². The third-order valence-electron chi connectivity index (χ3n) is 4.90. The number of methoxy groups -OCH3 is 1. The minimum absolute atomic E-state index is 0.000556. The summed E-state index contributed by atoms with van der Waals surface area (Å²) in [5.74, 6) is 0.124. The van der Waals surface area contributed by atoms with Crippen molar-refractivity contribution < 1.29 is 13.9 Å². The van der Waals surface area contributed by atoms with Gasteiger partial charge in [0.2, 0.25) is 0 Å². The fourth-order valence-corrected chi connectivity index (χ4v) is 3.72. The van der Waals surface area contributed by atoms with Crippen LogP contribution in [0.4, 0.5) is 4.39 Å². The van der Waals surface area contributed by atoms with Gasteiger partial charge in [-0.05, 0) is 50.9 Å². The molecule has 0 saturated carbocycles. The molecule has 2 fully saturated rings. The summed E-state index contributed by atoms with van der Waals surface area (Å²) in [4.78, 5) is 15.1. The number of Topliss-reactive ketones (excluding diaryl/α,β-unsaturated/α-hetero) is 1. The zero-order valence-electron chi connectivity index (χ0n) is 11.9. The molecule has 2 atom stereocenters. The SMILES string of the molecule is COc1ccc(F)cc1C(=O)C1CC2CCC(C1)N2C. The second kappa shape index (κ2) is 5.17. The molecule has 1 aromatic carbocycles. The van der Waals surface area contributed by atoms with Crippen molar-refractivity contribution in [2.24, 2.45) is 5.92 Å². The highest BCUT2D eigenvalue weighted by atomic mass is 19.1. The number of ether oxygens (including phenoxy) is 1. The molecule has 3 rings (SSSR count). The first kappa shape index (κ1) is 13.6. The summed E-state index contributed by atoms with van der Waals surface area (Å²) < 4.78 is 18.6. The molecular weight excluding hydrogens is 257 g/mol. The van der Waals surface area contributed by atoms with Gasteiger partial charge in [-0.25, -0.2) is 4.39 Å². The molecule has 108 valence electrons. The summed E-state index contributed by atoms with van der Waals surface area (Å²) in [6, 6.07) is 5.17. The van der Waals surface area contributed by atoms with Gasteiger partial charge in [0.1, 0.15) is 11.6 Å². The van der Waals surface area contributed by atoms with Crippen LogP contribution in [0.1, 0.15) is 36.0 Å². The third-order valence-corrected chi connectivity index (χ3v) is 4.90. The van der Waals surface area contributed by atoms with E-state index in [1.807, 2.05) is 0 Å². The number of halogens is 1. The number of piperidine rings is 1. The van der Waals surface area contributed by atoms with Crippen molar-refractivity contribution in [1.82, 2.24) is 4.90 Å². The lowest BCUT2D eigenvalue weighted by Crippen LogP contribution is -2.42. The van der Waals surface area contributed by atoms with Crippen LogP contribution in [0.3, 0.4) is 0 Å². The average Bonchev–Trinajstić information content (AvgIpc) is 2.68. The lowest BCUT2D eigenvalue weighted by atomic mass is 9.85. The number of carbonyl (C=O) groups excluding carboxylic acids is 1. The summed E-state index contributed by atoms with van der Waals surface area (Å²) >= 11 is 0. The second-order valence-electron chi connectivity index (χ2n) is 5.93. The Labute approximate surface area is 118 Å². The molecule has 0 N–H and O–H groups in total. The number of ketones is 1. The summed E-state index contributed by atoms with van der Waals surface area (Å²) in [5.41, 5.74) is 0.390. The molecule has 2 aliphatic rings. The van der Waals surface area contributed by atoms with Crippen molar-refractivity contribution in [2.45, 2.75) is 37.8 Å². The summed E-state index contributed by atoms with van der Waals surface area (Å²) in [5, 5.41) is 0. The molecule has 0 radical (unpaired) electrons. The minimum Gasteiger partial charge on any atom is -0.496 e. The maximum Gasteiger partial charge on any atom is 0.169 e. The van der Waals surface area contributed by atoms with Gasteiger partial charge in [0.15, 0.2) is 5.78 Å². The Bertz CT molecular complexity index is 517. The summed E-state index contributed by atoms with van der Waals surface area (Å²) in [6.45, 7) is 0. The van der Waals surface area contributed by atoms with Gasteiger partial charge < -0.3 is 9.64 Å². The van der Waals surface area contributed by atoms with Crippen LogP contribution in [0.5, 0.6) is 5.75 Å². The highest BCUT2D eigenvalue weighted by Crippen LogP contribution is 2.39. The molecule has 1 aromatic rings. The maximum absolute atomic E-state index is 13.4. The molecule has 2 saturated heterocycles. The van der Waals surface area contributed by atoms with Crippen molar-refractivity contribution >= 4 is 5.78 Å². The van der Waals surface area contributed by atoms with E-state index < -0.39 is 0 Å². The molecule has 0 amide bonds. The average molecular weight is 277 g/mol. The molecule has 3 nitrogen and oxygen atoms in total. The Balaban J connectivity index is 1.85. The topological polar surface area (TPSA) is 29.5 Å². The molecule has 2 bridgehead atoms. The lowest BCUT2D eigenvalue weighted by molar-refractivity contribution is 0.0764. The monoisotopic (exact) mass is 277 g/mol. The van der Waals surface area contributed by atoms with Crippen molar-refractivity contribution in [3.05, 3.63) is 29.6 Å². The first-order valence-corrected chi connectivity index (χ1v) is 7.20. The molecule has 2 aliphatic heterocycles. The Morgan fingerprint density at radius 1 is 1.30 bits per heavy atom. The van der Waals surface area contributed by atoms with Gasteiger partial charge in [-0.15, -0.1) is 0 Å². The molecule has 4 heteroatoms. The van der Waals surface area contributed by atoms with E-state index in [-0.39, 0.29) is 17.5 Å². The van der Waals surface area contributed by atoms with E-state index in [2.05, 4.69) is 11.9 Å². The summed E-state index contributed by atoms with van der Waals surface area (Å²) in [7, 11) is 3.66. The van der Waals surface area contributed by atoms with Gasteiger partial charge in [-0.1, -0.05) is 0 Å². The van der Waals surface area contributed by atoms with Gasteiger partial charge in [-0.2, -0.15) is 0 Å². The number of carbonyl (C=O) groups is 1. The number of benzene rings is 1. The molecule has 0 aliphatic carbocycles. The maximum atomic E-state index is 13.4. The predicted octanol–water partition coefficient (Wildman–Crippen LogP) is 2.89. The van der Waals surface area contributed by atoms with Crippen molar-refractivity contribution in [1.29, 1.82) is 0 Å². The van der Waals surface area contributed by atoms with E-state index in [9.17, 15) is 9.18 Å². The Kier molecular flexibility index (Phi) is 3.50. The van der Waals surface area contributed by atoms with Crippen LogP contribution in [0.15, 0.2) is 18.2 Å². The first-order valence-electron chi connectivity index (χ1n) is 7.20.